The van der Waals surface area contributed by atoms with Gasteiger partial charge in [0.2, 0.25) is 0 Å². The van der Waals surface area contributed by atoms with E-state index in [9.17, 15) is 4.79 Å². The van der Waals surface area contributed by atoms with Gasteiger partial charge in [-0.25, -0.2) is 0 Å². The largest absolute Gasteiger partial charge is 0.481 e. The van der Waals surface area contributed by atoms with E-state index in [1.807, 2.05) is 48.5 Å². The lowest BCUT2D eigenvalue weighted by molar-refractivity contribution is -0.136. The molecule has 19 heavy (non-hydrogen) atoms. The highest BCUT2D eigenvalue weighted by molar-refractivity contribution is 5.75. The number of anilines is 2. The number of carboxylic acid groups (broad SMARTS) is 1. The highest BCUT2D eigenvalue weighted by Gasteiger charge is 2.13. The Balaban J connectivity index is 0.000000232. The molecule has 98 valence electrons. The van der Waals surface area contributed by atoms with Gasteiger partial charge in [-0.05, 0) is 24.3 Å². The molecule has 0 bridgehead atoms. The number of fused-ring (bicyclic) bond motifs is 2. The predicted molar refractivity (Wildman–Crippen MR) is 74.2 cm³/mol. The molecule has 0 unspecified atom stereocenters. The molecule has 0 aromatic heterocycles. The van der Waals surface area contributed by atoms with Crippen LogP contribution in [0, 0.1) is 0 Å². The standard InChI is InChI=1S/C12H9NO.C3H6O2/c1-3-7-11-9(5-1)13-10-6-2-4-8-12(10)14-11;1-2-3(4)5/h1-8,13H;2H2,1H3,(H,4,5). The lowest BCUT2D eigenvalue weighted by Crippen LogP contribution is -2.01. The van der Waals surface area contributed by atoms with Gasteiger partial charge in [-0.3, -0.25) is 4.79 Å². The summed E-state index contributed by atoms with van der Waals surface area (Å²) in [6.45, 7) is 1.60. The third kappa shape index (κ3) is 3.25. The van der Waals surface area contributed by atoms with E-state index in [0.717, 1.165) is 22.9 Å². The molecule has 0 aliphatic carbocycles. The number of benzene rings is 2. The average Bonchev–Trinajstić information content (AvgIpc) is 2.45. The van der Waals surface area contributed by atoms with Gasteiger partial charge in [0.25, 0.3) is 0 Å². The summed E-state index contributed by atoms with van der Waals surface area (Å²) < 4.78 is 5.71. The second-order valence-corrected chi connectivity index (χ2v) is 3.97. The lowest BCUT2D eigenvalue weighted by Gasteiger charge is -2.20. The van der Waals surface area contributed by atoms with Crippen molar-refractivity contribution in [2.24, 2.45) is 0 Å². The Morgan fingerprint density at radius 2 is 1.47 bits per heavy atom. The van der Waals surface area contributed by atoms with Crippen LogP contribution in [0.2, 0.25) is 0 Å². The van der Waals surface area contributed by atoms with E-state index in [0.29, 0.717) is 0 Å². The monoisotopic (exact) mass is 257 g/mol. The first-order chi connectivity index (χ1) is 9.20. The molecule has 0 atom stereocenters. The van der Waals surface area contributed by atoms with E-state index in [1.54, 1.807) is 6.92 Å². The minimum absolute atomic E-state index is 0.222. The van der Waals surface area contributed by atoms with Gasteiger partial charge in [-0.2, -0.15) is 0 Å². The second-order valence-electron chi connectivity index (χ2n) is 3.97. The maximum Gasteiger partial charge on any atom is 0.303 e. The first-order valence-electron chi connectivity index (χ1n) is 6.05. The van der Waals surface area contributed by atoms with Crippen LogP contribution in [0.25, 0.3) is 0 Å². The van der Waals surface area contributed by atoms with Crippen LogP contribution in [0.3, 0.4) is 0 Å². The summed E-state index contributed by atoms with van der Waals surface area (Å²) in [5.74, 6) is 1.02. The summed E-state index contributed by atoms with van der Waals surface area (Å²) in [5, 5.41) is 11.0. The third-order valence-electron chi connectivity index (χ3n) is 2.57. The molecule has 1 aliphatic heterocycles. The Morgan fingerprint density at radius 3 is 1.89 bits per heavy atom. The molecule has 0 amide bonds. The molecule has 2 aromatic carbocycles. The number of rotatable bonds is 1. The van der Waals surface area contributed by atoms with Gasteiger partial charge in [0, 0.05) is 6.42 Å². The smallest absolute Gasteiger partial charge is 0.303 e. The maximum absolute atomic E-state index is 9.37. The van der Waals surface area contributed by atoms with Crippen LogP contribution in [0.5, 0.6) is 11.5 Å². The van der Waals surface area contributed by atoms with Crippen molar-refractivity contribution < 1.29 is 14.6 Å². The summed E-state index contributed by atoms with van der Waals surface area (Å²) in [5.41, 5.74) is 2.04. The van der Waals surface area contributed by atoms with Gasteiger partial charge in [-0.15, -0.1) is 0 Å². The number of hydrogen-bond acceptors (Lipinski definition) is 3. The lowest BCUT2D eigenvalue weighted by atomic mass is 10.2. The van der Waals surface area contributed by atoms with Crippen LogP contribution in [-0.4, -0.2) is 11.1 Å². The molecule has 3 rings (SSSR count). The minimum Gasteiger partial charge on any atom is -0.481 e. The molecule has 2 aromatic rings. The zero-order chi connectivity index (χ0) is 13.7. The van der Waals surface area contributed by atoms with Crippen molar-refractivity contribution in [2.45, 2.75) is 13.3 Å². The van der Waals surface area contributed by atoms with Crippen LogP contribution in [0.1, 0.15) is 13.3 Å². The quantitative estimate of drug-likeness (QED) is 0.691. The van der Waals surface area contributed by atoms with E-state index in [4.69, 9.17) is 9.84 Å². The molecule has 4 nitrogen and oxygen atoms in total. The molecule has 1 heterocycles. The molecule has 1 aliphatic rings. The second kappa shape index (κ2) is 5.91. The van der Waals surface area contributed by atoms with Crippen molar-refractivity contribution in [3.8, 4) is 11.5 Å². The van der Waals surface area contributed by atoms with Gasteiger partial charge in [-0.1, -0.05) is 31.2 Å². The van der Waals surface area contributed by atoms with Gasteiger partial charge in [0.15, 0.2) is 11.5 Å². The molecular weight excluding hydrogens is 242 g/mol. The third-order valence-corrected chi connectivity index (χ3v) is 2.57. The summed E-state index contributed by atoms with van der Waals surface area (Å²) in [7, 11) is 0. The minimum atomic E-state index is -0.745. The van der Waals surface area contributed by atoms with Crippen LogP contribution >= 0.6 is 0 Å². The summed E-state index contributed by atoms with van der Waals surface area (Å²) in [4.78, 5) is 9.37. The fourth-order valence-corrected chi connectivity index (χ4v) is 1.58. The van der Waals surface area contributed by atoms with E-state index in [-0.39, 0.29) is 6.42 Å². The van der Waals surface area contributed by atoms with Crippen molar-refractivity contribution in [1.82, 2.24) is 0 Å². The van der Waals surface area contributed by atoms with Gasteiger partial charge >= 0.3 is 5.97 Å². The van der Waals surface area contributed by atoms with Crippen LogP contribution < -0.4 is 10.1 Å². The number of carbonyl (C=O) groups is 1. The zero-order valence-electron chi connectivity index (χ0n) is 10.6. The predicted octanol–water partition coefficient (Wildman–Crippen LogP) is 4.02. The Hall–Kier alpha value is -2.49. The fourth-order valence-electron chi connectivity index (χ4n) is 1.58. The number of nitrogens with one attached hydrogen (secondary N) is 1. The maximum atomic E-state index is 9.37. The topological polar surface area (TPSA) is 58.6 Å². The summed E-state index contributed by atoms with van der Waals surface area (Å²) in [6, 6.07) is 15.8. The Kier molecular flexibility index (Phi) is 4.03. The molecule has 2 N–H and O–H groups in total. The molecule has 0 saturated heterocycles. The fraction of sp³-hybridized carbons (Fsp3) is 0.133. The molecule has 0 spiro atoms. The summed E-state index contributed by atoms with van der Waals surface area (Å²) in [6.07, 6.45) is 0.222. The molecule has 0 radical (unpaired) electrons. The number of ether oxygens (including phenoxy) is 1. The van der Waals surface area contributed by atoms with Crippen LogP contribution in [0.4, 0.5) is 11.4 Å². The number of para-hydroxylation sites is 4. The molecule has 4 heteroatoms. The molecule has 0 fully saturated rings. The average molecular weight is 257 g/mol. The van der Waals surface area contributed by atoms with Crippen LogP contribution in [-0.2, 0) is 4.79 Å². The van der Waals surface area contributed by atoms with Crippen molar-refractivity contribution in [3.05, 3.63) is 48.5 Å². The Morgan fingerprint density at radius 1 is 1.05 bits per heavy atom. The molecular formula is C15H15NO3. The van der Waals surface area contributed by atoms with E-state index < -0.39 is 5.97 Å². The van der Waals surface area contributed by atoms with Crippen molar-refractivity contribution in [3.63, 3.8) is 0 Å². The number of hydrogen-bond donors (Lipinski definition) is 2. The van der Waals surface area contributed by atoms with Crippen molar-refractivity contribution >= 4 is 17.3 Å². The van der Waals surface area contributed by atoms with E-state index in [2.05, 4.69) is 5.32 Å². The zero-order valence-corrected chi connectivity index (χ0v) is 10.6. The van der Waals surface area contributed by atoms with Gasteiger partial charge in [0.05, 0.1) is 11.4 Å². The highest BCUT2D eigenvalue weighted by atomic mass is 16.5. The first-order valence-corrected chi connectivity index (χ1v) is 6.05. The van der Waals surface area contributed by atoms with Gasteiger partial charge < -0.3 is 15.2 Å². The van der Waals surface area contributed by atoms with Crippen molar-refractivity contribution in [1.29, 1.82) is 0 Å². The molecule has 0 saturated carbocycles. The van der Waals surface area contributed by atoms with Crippen molar-refractivity contribution in [2.75, 3.05) is 5.32 Å². The van der Waals surface area contributed by atoms with E-state index in [1.165, 1.54) is 0 Å². The highest BCUT2D eigenvalue weighted by Crippen LogP contribution is 2.40. The SMILES string of the molecule is CCC(=O)O.c1ccc2c(c1)Nc1ccccc1O2. The van der Waals surface area contributed by atoms with Gasteiger partial charge in [0.1, 0.15) is 0 Å². The normalized spacial score (nSPS) is 10.8. The van der Waals surface area contributed by atoms with Crippen LogP contribution in [0.15, 0.2) is 48.5 Å². The number of aliphatic carboxylic acids is 1. The first kappa shape index (κ1) is 13.0. The summed E-state index contributed by atoms with van der Waals surface area (Å²) >= 11 is 0. The Bertz CT molecular complexity index is 494. The van der Waals surface area contributed by atoms with E-state index >= 15 is 0 Å². The number of carboxylic acids is 1. The Labute approximate surface area is 111 Å².